The second-order valence-corrected chi connectivity index (χ2v) is 6.42. The molecule has 0 heterocycles. The van der Waals surface area contributed by atoms with Crippen molar-refractivity contribution in [3.8, 4) is 0 Å². The highest BCUT2D eigenvalue weighted by Crippen LogP contribution is 2.27. The zero-order valence-electron chi connectivity index (χ0n) is 11.4. The van der Waals surface area contributed by atoms with Gasteiger partial charge in [-0.15, -0.1) is 0 Å². The molecule has 5 heteroatoms. The Morgan fingerprint density at radius 1 is 1.15 bits per heavy atom. The monoisotopic (exact) mass is 347 g/mol. The van der Waals surface area contributed by atoms with Crippen molar-refractivity contribution in [3.63, 3.8) is 0 Å². The summed E-state index contributed by atoms with van der Waals surface area (Å²) in [5.74, 6) is -1.14. The standard InChI is InChI=1S/C15H20BrF2NO/c16-12-5-6-13(17)11(14(12)18)9-19-10-15(20)7-3-1-2-4-8-15/h5-6,19-20H,1-4,7-10H2. The summed E-state index contributed by atoms with van der Waals surface area (Å²) in [5.41, 5.74) is -0.730. The van der Waals surface area contributed by atoms with E-state index in [-0.39, 0.29) is 16.6 Å². The normalized spacial score (nSPS) is 18.8. The quantitative estimate of drug-likeness (QED) is 0.639. The maximum absolute atomic E-state index is 13.8. The van der Waals surface area contributed by atoms with Gasteiger partial charge < -0.3 is 10.4 Å². The molecule has 2 nitrogen and oxygen atoms in total. The van der Waals surface area contributed by atoms with Gasteiger partial charge in [0.1, 0.15) is 11.6 Å². The molecule has 2 rings (SSSR count). The molecule has 1 aromatic rings. The van der Waals surface area contributed by atoms with Gasteiger partial charge in [0.25, 0.3) is 0 Å². The third-order valence-corrected chi connectivity index (χ3v) is 4.54. The van der Waals surface area contributed by atoms with Gasteiger partial charge in [-0.25, -0.2) is 8.78 Å². The predicted octanol–water partition coefficient (Wildman–Crippen LogP) is 3.90. The molecule has 0 unspecified atom stereocenters. The molecular weight excluding hydrogens is 328 g/mol. The highest BCUT2D eigenvalue weighted by Gasteiger charge is 2.27. The van der Waals surface area contributed by atoms with Crippen molar-refractivity contribution >= 4 is 15.9 Å². The number of hydrogen-bond donors (Lipinski definition) is 2. The van der Waals surface area contributed by atoms with Gasteiger partial charge in [0.2, 0.25) is 0 Å². The third kappa shape index (κ3) is 3.99. The minimum atomic E-state index is -0.741. The van der Waals surface area contributed by atoms with Crippen molar-refractivity contribution in [1.82, 2.24) is 5.32 Å². The zero-order chi connectivity index (χ0) is 14.6. The van der Waals surface area contributed by atoms with Crippen LogP contribution in [0.2, 0.25) is 0 Å². The van der Waals surface area contributed by atoms with E-state index >= 15 is 0 Å². The minimum Gasteiger partial charge on any atom is -0.389 e. The average molecular weight is 348 g/mol. The second kappa shape index (κ2) is 6.96. The van der Waals surface area contributed by atoms with Crippen LogP contribution in [0.4, 0.5) is 8.78 Å². The van der Waals surface area contributed by atoms with Crippen LogP contribution in [0.25, 0.3) is 0 Å². The highest BCUT2D eigenvalue weighted by atomic mass is 79.9. The van der Waals surface area contributed by atoms with Crippen LogP contribution in [0.15, 0.2) is 16.6 Å². The lowest BCUT2D eigenvalue weighted by atomic mass is 9.94. The van der Waals surface area contributed by atoms with Gasteiger partial charge in [0.15, 0.2) is 0 Å². The molecule has 0 radical (unpaired) electrons. The lowest BCUT2D eigenvalue weighted by Gasteiger charge is -2.27. The summed E-state index contributed by atoms with van der Waals surface area (Å²) in [5, 5.41) is 13.5. The Labute approximate surface area is 126 Å². The van der Waals surface area contributed by atoms with Crippen LogP contribution in [-0.2, 0) is 6.54 Å². The molecule has 0 saturated heterocycles. The molecule has 0 aromatic heterocycles. The fraction of sp³-hybridized carbons (Fsp3) is 0.600. The fourth-order valence-corrected chi connectivity index (χ4v) is 3.09. The van der Waals surface area contributed by atoms with E-state index in [9.17, 15) is 13.9 Å². The van der Waals surface area contributed by atoms with Crippen molar-refractivity contribution in [2.45, 2.75) is 50.7 Å². The van der Waals surface area contributed by atoms with Gasteiger partial charge >= 0.3 is 0 Å². The van der Waals surface area contributed by atoms with E-state index in [1.807, 2.05) is 0 Å². The van der Waals surface area contributed by atoms with E-state index in [1.54, 1.807) is 0 Å². The van der Waals surface area contributed by atoms with E-state index in [0.29, 0.717) is 6.54 Å². The van der Waals surface area contributed by atoms with Crippen molar-refractivity contribution in [2.75, 3.05) is 6.54 Å². The maximum atomic E-state index is 13.8. The van der Waals surface area contributed by atoms with Crippen LogP contribution < -0.4 is 5.32 Å². The number of benzene rings is 1. The van der Waals surface area contributed by atoms with Crippen LogP contribution in [0, 0.1) is 11.6 Å². The SMILES string of the molecule is OC1(CNCc2c(F)ccc(Br)c2F)CCCCCC1. The van der Waals surface area contributed by atoms with Crippen LogP contribution >= 0.6 is 15.9 Å². The van der Waals surface area contributed by atoms with Gasteiger partial charge in [-0.05, 0) is 40.9 Å². The first-order valence-electron chi connectivity index (χ1n) is 7.07. The Kier molecular flexibility index (Phi) is 5.52. The predicted molar refractivity (Wildman–Crippen MR) is 78.4 cm³/mol. The highest BCUT2D eigenvalue weighted by molar-refractivity contribution is 9.10. The summed E-state index contributed by atoms with van der Waals surface area (Å²) in [7, 11) is 0. The first kappa shape index (κ1) is 15.9. The number of halogens is 3. The molecule has 1 aliphatic rings. The largest absolute Gasteiger partial charge is 0.389 e. The first-order valence-corrected chi connectivity index (χ1v) is 7.87. The lowest BCUT2D eigenvalue weighted by molar-refractivity contribution is 0.0249. The first-order chi connectivity index (χ1) is 9.52. The Hall–Kier alpha value is -0.520. The topological polar surface area (TPSA) is 32.3 Å². The Morgan fingerprint density at radius 2 is 1.80 bits per heavy atom. The summed E-state index contributed by atoms with van der Waals surface area (Å²) in [4.78, 5) is 0. The van der Waals surface area contributed by atoms with E-state index in [0.717, 1.165) is 38.5 Å². The summed E-state index contributed by atoms with van der Waals surface area (Å²) in [6.45, 7) is 0.456. The average Bonchev–Trinajstić information content (AvgIpc) is 2.63. The molecule has 0 atom stereocenters. The van der Waals surface area contributed by atoms with Crippen molar-refractivity contribution in [1.29, 1.82) is 0 Å². The van der Waals surface area contributed by atoms with Gasteiger partial charge in [-0.1, -0.05) is 25.7 Å². The Morgan fingerprint density at radius 3 is 2.45 bits per heavy atom. The molecule has 0 aliphatic heterocycles. The molecule has 112 valence electrons. The third-order valence-electron chi connectivity index (χ3n) is 3.93. The van der Waals surface area contributed by atoms with Gasteiger partial charge in [0, 0.05) is 18.7 Å². The zero-order valence-corrected chi connectivity index (χ0v) is 13.0. The number of rotatable bonds is 4. The minimum absolute atomic E-state index is 0.0107. The molecule has 0 amide bonds. The number of nitrogens with one attached hydrogen (secondary N) is 1. The van der Waals surface area contributed by atoms with Gasteiger partial charge in [-0.3, -0.25) is 0 Å². The van der Waals surface area contributed by atoms with Crippen molar-refractivity contribution in [3.05, 3.63) is 33.8 Å². The molecular formula is C15H20BrF2NO. The molecule has 1 saturated carbocycles. The summed E-state index contributed by atoms with van der Waals surface area (Å²) >= 11 is 3.05. The van der Waals surface area contributed by atoms with E-state index in [4.69, 9.17) is 0 Å². The summed E-state index contributed by atoms with van der Waals surface area (Å²) in [6.07, 6.45) is 5.83. The Bertz CT molecular complexity index is 459. The summed E-state index contributed by atoms with van der Waals surface area (Å²) < 4.78 is 27.6. The van der Waals surface area contributed by atoms with Crippen LogP contribution in [-0.4, -0.2) is 17.3 Å². The fourth-order valence-electron chi connectivity index (χ4n) is 2.71. The van der Waals surface area contributed by atoms with Crippen LogP contribution in [0.3, 0.4) is 0 Å². The van der Waals surface area contributed by atoms with Crippen LogP contribution in [0.1, 0.15) is 44.1 Å². The number of aliphatic hydroxyl groups is 1. The van der Waals surface area contributed by atoms with Crippen LogP contribution in [0.5, 0.6) is 0 Å². The maximum Gasteiger partial charge on any atom is 0.144 e. The lowest BCUT2D eigenvalue weighted by Crippen LogP contribution is -2.40. The molecule has 1 aromatic carbocycles. The molecule has 0 spiro atoms. The Balaban J connectivity index is 1.94. The molecule has 1 fully saturated rings. The molecule has 0 bridgehead atoms. The van der Waals surface area contributed by atoms with E-state index in [1.165, 1.54) is 12.1 Å². The second-order valence-electron chi connectivity index (χ2n) is 5.56. The van der Waals surface area contributed by atoms with E-state index in [2.05, 4.69) is 21.2 Å². The summed E-state index contributed by atoms with van der Waals surface area (Å²) in [6, 6.07) is 2.59. The van der Waals surface area contributed by atoms with E-state index < -0.39 is 17.2 Å². The number of hydrogen-bond acceptors (Lipinski definition) is 2. The molecule has 1 aliphatic carbocycles. The van der Waals surface area contributed by atoms with Gasteiger partial charge in [0.05, 0.1) is 10.1 Å². The molecule has 20 heavy (non-hydrogen) atoms. The van der Waals surface area contributed by atoms with Crippen molar-refractivity contribution < 1.29 is 13.9 Å². The smallest absolute Gasteiger partial charge is 0.144 e. The molecule has 2 N–H and O–H groups in total. The van der Waals surface area contributed by atoms with Gasteiger partial charge in [-0.2, -0.15) is 0 Å². The van der Waals surface area contributed by atoms with Crippen molar-refractivity contribution in [2.24, 2.45) is 0 Å².